The van der Waals surface area contributed by atoms with Crippen LogP contribution in [0.15, 0.2) is 24.3 Å². The van der Waals surface area contributed by atoms with Crippen LogP contribution in [0, 0.1) is 0 Å². The van der Waals surface area contributed by atoms with Gasteiger partial charge in [0.2, 0.25) is 0 Å². The molecule has 0 spiro atoms. The van der Waals surface area contributed by atoms with E-state index in [4.69, 9.17) is 4.74 Å². The van der Waals surface area contributed by atoms with Crippen LogP contribution in [0.1, 0.15) is 51.5 Å². The molecule has 2 unspecified atom stereocenters. The Bertz CT molecular complexity index is 360. The Morgan fingerprint density at radius 1 is 1.11 bits per heavy atom. The Kier molecular flexibility index (Phi) is 5.71. The van der Waals surface area contributed by atoms with E-state index in [2.05, 4.69) is 43.4 Å². The molecule has 1 aliphatic carbocycles. The smallest absolute Gasteiger partial charge is 0.119 e. The Balaban J connectivity index is 1.88. The molecule has 0 aliphatic heterocycles. The maximum absolute atomic E-state index is 6.16. The van der Waals surface area contributed by atoms with Crippen molar-refractivity contribution in [1.82, 2.24) is 5.32 Å². The van der Waals surface area contributed by atoms with Gasteiger partial charge in [-0.1, -0.05) is 32.4 Å². The molecule has 0 bridgehead atoms. The van der Waals surface area contributed by atoms with Crippen LogP contribution in [0.4, 0.5) is 0 Å². The maximum atomic E-state index is 6.16. The highest BCUT2D eigenvalue weighted by Gasteiger charge is 2.28. The highest BCUT2D eigenvalue weighted by molar-refractivity contribution is 5.27. The lowest BCUT2D eigenvalue weighted by molar-refractivity contribution is 0.175. The topological polar surface area (TPSA) is 21.3 Å². The minimum atomic E-state index is 0.351. The van der Waals surface area contributed by atoms with Gasteiger partial charge in [-0.3, -0.25) is 0 Å². The molecule has 1 saturated carbocycles. The van der Waals surface area contributed by atoms with Gasteiger partial charge in [0.25, 0.3) is 0 Å². The molecule has 1 aliphatic rings. The second kappa shape index (κ2) is 7.54. The number of ether oxygens (including phenoxy) is 1. The summed E-state index contributed by atoms with van der Waals surface area (Å²) in [6.45, 7) is 5.52. The van der Waals surface area contributed by atoms with Crippen LogP contribution in [0.3, 0.4) is 0 Å². The maximum Gasteiger partial charge on any atom is 0.119 e. The van der Waals surface area contributed by atoms with Gasteiger partial charge in [0.15, 0.2) is 0 Å². The molecular weight excluding hydrogens is 234 g/mol. The quantitative estimate of drug-likeness (QED) is 0.802. The van der Waals surface area contributed by atoms with Crippen molar-refractivity contribution >= 4 is 0 Å². The van der Waals surface area contributed by atoms with E-state index in [1.54, 1.807) is 0 Å². The average Bonchev–Trinajstić information content (AvgIpc) is 2.86. The number of rotatable bonds is 7. The lowest BCUT2D eigenvalue weighted by Gasteiger charge is -2.22. The molecule has 19 heavy (non-hydrogen) atoms. The van der Waals surface area contributed by atoms with Gasteiger partial charge in [0.1, 0.15) is 11.9 Å². The zero-order chi connectivity index (χ0) is 13.5. The van der Waals surface area contributed by atoms with E-state index in [1.165, 1.54) is 37.7 Å². The Hall–Kier alpha value is -1.02. The first kappa shape index (κ1) is 14.4. The fraction of sp³-hybridized carbons (Fsp3) is 0.647. The van der Waals surface area contributed by atoms with Crippen molar-refractivity contribution in [1.29, 1.82) is 0 Å². The van der Waals surface area contributed by atoms with Gasteiger partial charge in [-0.15, -0.1) is 0 Å². The third-order valence-corrected chi connectivity index (χ3v) is 3.86. The largest absolute Gasteiger partial charge is 0.489 e. The molecule has 1 aromatic rings. The Morgan fingerprint density at radius 2 is 1.89 bits per heavy atom. The van der Waals surface area contributed by atoms with Gasteiger partial charge in [0.05, 0.1) is 0 Å². The van der Waals surface area contributed by atoms with Crippen LogP contribution >= 0.6 is 0 Å². The Morgan fingerprint density at radius 3 is 2.58 bits per heavy atom. The molecule has 0 aromatic heterocycles. The molecule has 1 fully saturated rings. The van der Waals surface area contributed by atoms with Crippen LogP contribution in [-0.2, 0) is 6.42 Å². The average molecular weight is 261 g/mol. The van der Waals surface area contributed by atoms with E-state index in [-0.39, 0.29) is 0 Å². The van der Waals surface area contributed by atoms with E-state index in [9.17, 15) is 0 Å². The molecule has 0 heterocycles. The molecule has 0 radical (unpaired) electrons. The first-order chi connectivity index (χ1) is 9.33. The molecule has 106 valence electrons. The first-order valence-corrected chi connectivity index (χ1v) is 7.82. The standard InChI is InChI=1S/C17H27NO/c1-3-6-14-9-11-15(12-10-14)19-17-8-5-7-16(17)18-13-4-2/h9-12,16-18H,3-8,13H2,1-2H3. The third-order valence-electron chi connectivity index (χ3n) is 3.86. The summed E-state index contributed by atoms with van der Waals surface area (Å²) in [5.74, 6) is 1.02. The van der Waals surface area contributed by atoms with E-state index in [1.807, 2.05) is 0 Å². The van der Waals surface area contributed by atoms with Crippen molar-refractivity contribution in [3.63, 3.8) is 0 Å². The first-order valence-electron chi connectivity index (χ1n) is 7.82. The monoisotopic (exact) mass is 261 g/mol. The summed E-state index contributed by atoms with van der Waals surface area (Å²) in [5, 5.41) is 3.61. The minimum Gasteiger partial charge on any atom is -0.489 e. The van der Waals surface area contributed by atoms with E-state index >= 15 is 0 Å². The molecule has 2 atom stereocenters. The minimum absolute atomic E-state index is 0.351. The van der Waals surface area contributed by atoms with Gasteiger partial charge < -0.3 is 10.1 Å². The molecule has 1 N–H and O–H groups in total. The van der Waals surface area contributed by atoms with Gasteiger partial charge in [-0.25, -0.2) is 0 Å². The zero-order valence-electron chi connectivity index (χ0n) is 12.3. The van der Waals surface area contributed by atoms with E-state index < -0.39 is 0 Å². The number of hydrogen-bond donors (Lipinski definition) is 1. The van der Waals surface area contributed by atoms with E-state index in [0.29, 0.717) is 12.1 Å². The van der Waals surface area contributed by atoms with Crippen molar-refractivity contribution in [3.8, 4) is 5.75 Å². The third kappa shape index (κ3) is 4.24. The van der Waals surface area contributed by atoms with Crippen molar-refractivity contribution in [2.45, 2.75) is 64.5 Å². The summed E-state index contributed by atoms with van der Waals surface area (Å²) in [4.78, 5) is 0. The van der Waals surface area contributed by atoms with Crippen LogP contribution in [-0.4, -0.2) is 18.7 Å². The second-order valence-electron chi connectivity index (χ2n) is 5.54. The molecule has 1 aromatic carbocycles. The molecule has 2 rings (SSSR count). The van der Waals surface area contributed by atoms with Gasteiger partial charge in [-0.2, -0.15) is 0 Å². The number of benzene rings is 1. The summed E-state index contributed by atoms with van der Waals surface area (Å²) in [7, 11) is 0. The van der Waals surface area contributed by atoms with Crippen LogP contribution in [0.2, 0.25) is 0 Å². The fourth-order valence-electron chi connectivity index (χ4n) is 2.83. The van der Waals surface area contributed by atoms with Gasteiger partial charge >= 0.3 is 0 Å². The molecule has 2 nitrogen and oxygen atoms in total. The lowest BCUT2D eigenvalue weighted by Crippen LogP contribution is -2.39. The van der Waals surface area contributed by atoms with Crippen LogP contribution in [0.25, 0.3) is 0 Å². The zero-order valence-corrected chi connectivity index (χ0v) is 12.3. The molecule has 0 saturated heterocycles. The highest BCUT2D eigenvalue weighted by atomic mass is 16.5. The van der Waals surface area contributed by atoms with Gasteiger partial charge in [0, 0.05) is 6.04 Å². The fourth-order valence-corrected chi connectivity index (χ4v) is 2.83. The molecule has 2 heteroatoms. The van der Waals surface area contributed by atoms with Gasteiger partial charge in [-0.05, 0) is 56.3 Å². The second-order valence-corrected chi connectivity index (χ2v) is 5.54. The highest BCUT2D eigenvalue weighted by Crippen LogP contribution is 2.25. The Labute approximate surface area is 117 Å². The SMILES string of the molecule is CCCNC1CCCC1Oc1ccc(CCC)cc1. The number of nitrogens with one attached hydrogen (secondary N) is 1. The number of aryl methyl sites for hydroxylation is 1. The normalized spacial score (nSPS) is 22.6. The molecular formula is C17H27NO. The summed E-state index contributed by atoms with van der Waals surface area (Å²) in [5.41, 5.74) is 1.40. The number of hydrogen-bond acceptors (Lipinski definition) is 2. The van der Waals surface area contributed by atoms with Crippen molar-refractivity contribution < 1.29 is 4.74 Å². The lowest BCUT2D eigenvalue weighted by atomic mass is 10.1. The van der Waals surface area contributed by atoms with Crippen LogP contribution in [0.5, 0.6) is 5.75 Å². The summed E-state index contributed by atoms with van der Waals surface area (Å²) < 4.78 is 6.16. The predicted molar refractivity (Wildman–Crippen MR) is 80.8 cm³/mol. The van der Waals surface area contributed by atoms with Crippen LogP contribution < -0.4 is 10.1 Å². The molecule has 0 amide bonds. The predicted octanol–water partition coefficient (Wildman–Crippen LogP) is 3.94. The van der Waals surface area contributed by atoms with Crippen molar-refractivity contribution in [3.05, 3.63) is 29.8 Å². The summed E-state index contributed by atoms with van der Waals surface area (Å²) >= 11 is 0. The van der Waals surface area contributed by atoms with Crippen molar-refractivity contribution in [2.75, 3.05) is 6.54 Å². The summed E-state index contributed by atoms with van der Waals surface area (Å²) in [6, 6.07) is 9.18. The van der Waals surface area contributed by atoms with Crippen molar-refractivity contribution in [2.24, 2.45) is 0 Å². The summed E-state index contributed by atoms with van der Waals surface area (Å²) in [6.07, 6.45) is 7.60. The van der Waals surface area contributed by atoms with E-state index in [0.717, 1.165) is 18.7 Å².